The van der Waals surface area contributed by atoms with Gasteiger partial charge in [-0.3, -0.25) is 14.5 Å². The van der Waals surface area contributed by atoms with Gasteiger partial charge < -0.3 is 10.4 Å². The molecule has 0 radical (unpaired) electrons. The van der Waals surface area contributed by atoms with Crippen LogP contribution >= 0.6 is 0 Å². The van der Waals surface area contributed by atoms with E-state index in [9.17, 15) is 9.59 Å². The van der Waals surface area contributed by atoms with Gasteiger partial charge in [0.2, 0.25) is 5.91 Å². The molecule has 0 aliphatic carbocycles. The summed E-state index contributed by atoms with van der Waals surface area (Å²) in [6.07, 6.45) is 2.90. The summed E-state index contributed by atoms with van der Waals surface area (Å²) in [6.45, 7) is 2.95. The molecule has 0 aromatic carbocycles. The molecule has 1 aliphatic heterocycles. The Labute approximate surface area is 95.8 Å². The molecule has 0 spiro atoms. The average Bonchev–Trinajstić information content (AvgIpc) is 2.28. The SMILES string of the molecule is CNC(=O)C1CCCCN1CC(C)C(=O)O. The molecule has 1 fully saturated rings. The predicted octanol–water partition coefficient (Wildman–Crippen LogP) is 0.308. The van der Waals surface area contributed by atoms with E-state index in [1.54, 1.807) is 14.0 Å². The molecule has 2 N–H and O–H groups in total. The molecular formula is C11H20N2O3. The van der Waals surface area contributed by atoms with Gasteiger partial charge in [-0.05, 0) is 19.4 Å². The number of nitrogens with zero attached hydrogens (tertiary/aromatic N) is 1. The molecule has 0 saturated carbocycles. The summed E-state index contributed by atoms with van der Waals surface area (Å²) in [6, 6.07) is -0.152. The van der Waals surface area contributed by atoms with Crippen LogP contribution in [-0.4, -0.2) is 48.1 Å². The number of hydrogen-bond donors (Lipinski definition) is 2. The third-order valence-electron chi connectivity index (χ3n) is 3.09. The maximum Gasteiger partial charge on any atom is 0.307 e. The highest BCUT2D eigenvalue weighted by molar-refractivity contribution is 5.81. The number of nitrogens with one attached hydrogen (secondary N) is 1. The zero-order valence-corrected chi connectivity index (χ0v) is 9.90. The van der Waals surface area contributed by atoms with Crippen LogP contribution in [-0.2, 0) is 9.59 Å². The highest BCUT2D eigenvalue weighted by Gasteiger charge is 2.29. The highest BCUT2D eigenvalue weighted by atomic mass is 16.4. The second-order valence-electron chi connectivity index (χ2n) is 4.36. The van der Waals surface area contributed by atoms with Crippen molar-refractivity contribution in [2.45, 2.75) is 32.2 Å². The number of piperidine rings is 1. The van der Waals surface area contributed by atoms with Crippen LogP contribution in [0.4, 0.5) is 0 Å². The molecule has 1 amide bonds. The number of carboxylic acids is 1. The summed E-state index contributed by atoms with van der Waals surface area (Å²) in [5.41, 5.74) is 0. The Morgan fingerprint density at radius 1 is 1.50 bits per heavy atom. The quantitative estimate of drug-likeness (QED) is 0.726. The monoisotopic (exact) mass is 228 g/mol. The molecule has 0 bridgehead atoms. The van der Waals surface area contributed by atoms with E-state index in [1.807, 2.05) is 4.90 Å². The molecule has 0 aromatic rings. The van der Waals surface area contributed by atoms with Crippen molar-refractivity contribution in [2.24, 2.45) is 5.92 Å². The number of hydrogen-bond acceptors (Lipinski definition) is 3. The van der Waals surface area contributed by atoms with Crippen molar-refractivity contribution in [3.8, 4) is 0 Å². The normalized spacial score (nSPS) is 23.8. The summed E-state index contributed by atoms with van der Waals surface area (Å²) < 4.78 is 0. The Kier molecular flexibility index (Phi) is 4.73. The first-order valence-electron chi connectivity index (χ1n) is 5.74. The Morgan fingerprint density at radius 2 is 2.19 bits per heavy atom. The summed E-state index contributed by atoms with van der Waals surface area (Å²) in [7, 11) is 1.62. The first kappa shape index (κ1) is 13.0. The van der Waals surface area contributed by atoms with Crippen molar-refractivity contribution in [1.82, 2.24) is 10.2 Å². The van der Waals surface area contributed by atoms with E-state index in [0.717, 1.165) is 25.8 Å². The largest absolute Gasteiger partial charge is 0.481 e. The molecule has 16 heavy (non-hydrogen) atoms. The fourth-order valence-corrected chi connectivity index (χ4v) is 2.10. The van der Waals surface area contributed by atoms with Gasteiger partial charge >= 0.3 is 5.97 Å². The Morgan fingerprint density at radius 3 is 2.75 bits per heavy atom. The summed E-state index contributed by atoms with van der Waals surface area (Å²) in [5.74, 6) is -1.23. The van der Waals surface area contributed by atoms with Crippen molar-refractivity contribution in [1.29, 1.82) is 0 Å². The molecule has 92 valence electrons. The number of carbonyl (C=O) groups is 2. The summed E-state index contributed by atoms with van der Waals surface area (Å²) in [5, 5.41) is 11.5. The van der Waals surface area contributed by atoms with Gasteiger partial charge in [0.1, 0.15) is 0 Å². The van der Waals surface area contributed by atoms with E-state index in [-0.39, 0.29) is 11.9 Å². The van der Waals surface area contributed by atoms with Crippen LogP contribution in [0.2, 0.25) is 0 Å². The van der Waals surface area contributed by atoms with E-state index in [2.05, 4.69) is 5.32 Å². The average molecular weight is 228 g/mol. The van der Waals surface area contributed by atoms with Crippen molar-refractivity contribution in [3.05, 3.63) is 0 Å². The van der Waals surface area contributed by atoms with Gasteiger partial charge in [-0.25, -0.2) is 0 Å². The van der Waals surface area contributed by atoms with E-state index in [0.29, 0.717) is 6.54 Å². The van der Waals surface area contributed by atoms with Crippen molar-refractivity contribution in [2.75, 3.05) is 20.1 Å². The smallest absolute Gasteiger partial charge is 0.307 e. The zero-order valence-electron chi connectivity index (χ0n) is 9.90. The van der Waals surface area contributed by atoms with Gasteiger partial charge in [0.25, 0.3) is 0 Å². The van der Waals surface area contributed by atoms with E-state index in [4.69, 9.17) is 5.11 Å². The highest BCUT2D eigenvalue weighted by Crippen LogP contribution is 2.18. The lowest BCUT2D eigenvalue weighted by molar-refractivity contribution is -0.143. The van der Waals surface area contributed by atoms with Crippen LogP contribution in [0, 0.1) is 5.92 Å². The lowest BCUT2D eigenvalue weighted by Crippen LogP contribution is -2.50. The van der Waals surface area contributed by atoms with Gasteiger partial charge in [-0.15, -0.1) is 0 Å². The molecule has 2 atom stereocenters. The van der Waals surface area contributed by atoms with Crippen molar-refractivity contribution >= 4 is 11.9 Å². The first-order valence-corrected chi connectivity index (χ1v) is 5.74. The van der Waals surface area contributed by atoms with E-state index < -0.39 is 11.9 Å². The van der Waals surface area contributed by atoms with Gasteiger partial charge in [-0.1, -0.05) is 13.3 Å². The fourth-order valence-electron chi connectivity index (χ4n) is 2.10. The molecule has 1 heterocycles. The number of rotatable bonds is 4. The van der Waals surface area contributed by atoms with Crippen LogP contribution in [0.1, 0.15) is 26.2 Å². The van der Waals surface area contributed by atoms with E-state index >= 15 is 0 Å². The topological polar surface area (TPSA) is 69.6 Å². The Balaban J connectivity index is 2.60. The molecule has 5 nitrogen and oxygen atoms in total. The predicted molar refractivity (Wildman–Crippen MR) is 60.1 cm³/mol. The summed E-state index contributed by atoms with van der Waals surface area (Å²) >= 11 is 0. The molecule has 1 aliphatic rings. The number of carbonyl (C=O) groups excluding carboxylic acids is 1. The minimum absolute atomic E-state index is 0.00251. The second kappa shape index (κ2) is 5.84. The van der Waals surface area contributed by atoms with Crippen LogP contribution < -0.4 is 5.32 Å². The number of carboxylic acid groups (broad SMARTS) is 1. The Bertz CT molecular complexity index is 268. The van der Waals surface area contributed by atoms with Gasteiger partial charge in [-0.2, -0.15) is 0 Å². The minimum Gasteiger partial charge on any atom is -0.481 e. The third-order valence-corrected chi connectivity index (χ3v) is 3.09. The van der Waals surface area contributed by atoms with Gasteiger partial charge in [0.15, 0.2) is 0 Å². The van der Waals surface area contributed by atoms with Crippen LogP contribution in [0.5, 0.6) is 0 Å². The fraction of sp³-hybridized carbons (Fsp3) is 0.818. The van der Waals surface area contributed by atoms with Gasteiger partial charge in [0.05, 0.1) is 12.0 Å². The molecular weight excluding hydrogens is 208 g/mol. The number of likely N-dealkylation sites (N-methyl/N-ethyl adjacent to an activating group) is 1. The minimum atomic E-state index is -0.804. The molecule has 5 heteroatoms. The van der Waals surface area contributed by atoms with Crippen molar-refractivity contribution < 1.29 is 14.7 Å². The second-order valence-corrected chi connectivity index (χ2v) is 4.36. The van der Waals surface area contributed by atoms with Crippen LogP contribution in [0.25, 0.3) is 0 Å². The Hall–Kier alpha value is -1.10. The molecule has 1 rings (SSSR count). The maximum absolute atomic E-state index is 11.6. The first-order chi connectivity index (χ1) is 7.56. The molecule has 1 saturated heterocycles. The van der Waals surface area contributed by atoms with Crippen molar-refractivity contribution in [3.63, 3.8) is 0 Å². The lowest BCUT2D eigenvalue weighted by Gasteiger charge is -2.35. The number of likely N-dealkylation sites (tertiary alicyclic amines) is 1. The number of amides is 1. The molecule has 2 unspecified atom stereocenters. The van der Waals surface area contributed by atoms with Crippen LogP contribution in [0.3, 0.4) is 0 Å². The van der Waals surface area contributed by atoms with E-state index in [1.165, 1.54) is 0 Å². The van der Waals surface area contributed by atoms with Crippen LogP contribution in [0.15, 0.2) is 0 Å². The van der Waals surface area contributed by atoms with Gasteiger partial charge in [0, 0.05) is 13.6 Å². The third kappa shape index (κ3) is 3.20. The standard InChI is InChI=1S/C11H20N2O3/c1-8(11(15)16)7-13-6-4-3-5-9(13)10(14)12-2/h8-9H,3-7H2,1-2H3,(H,12,14)(H,15,16). The number of aliphatic carboxylic acids is 1. The zero-order chi connectivity index (χ0) is 12.1. The lowest BCUT2D eigenvalue weighted by atomic mass is 9.99. The molecule has 0 aromatic heterocycles. The maximum atomic E-state index is 11.6. The summed E-state index contributed by atoms with van der Waals surface area (Å²) in [4.78, 5) is 24.4.